The lowest BCUT2D eigenvalue weighted by atomic mass is 9.74. The maximum Gasteiger partial charge on any atom is 0.335 e. The second kappa shape index (κ2) is 11.2. The highest BCUT2D eigenvalue weighted by atomic mass is 16.5. The van der Waals surface area contributed by atoms with Gasteiger partial charge in [-0.2, -0.15) is 0 Å². The molecule has 0 aromatic heterocycles. The normalized spacial score (nSPS) is 20.4. The topological polar surface area (TPSA) is 46.5 Å². The quantitative estimate of drug-likeness (QED) is 0.477. The molecule has 1 N–H and O–H groups in total. The van der Waals surface area contributed by atoms with Gasteiger partial charge in [0.2, 0.25) is 0 Å². The maximum atomic E-state index is 10.8. The van der Waals surface area contributed by atoms with Crippen LogP contribution in [0.5, 0.6) is 5.75 Å². The van der Waals surface area contributed by atoms with Crippen molar-refractivity contribution in [3.05, 3.63) is 29.8 Å². The first kappa shape index (κ1) is 19.8. The van der Waals surface area contributed by atoms with Gasteiger partial charge >= 0.3 is 5.97 Å². The van der Waals surface area contributed by atoms with Crippen molar-refractivity contribution >= 4 is 5.97 Å². The van der Waals surface area contributed by atoms with Gasteiger partial charge in [0.25, 0.3) is 0 Å². The first-order valence-electron chi connectivity index (χ1n) is 10.2. The van der Waals surface area contributed by atoms with E-state index in [0.29, 0.717) is 5.56 Å². The Hall–Kier alpha value is -1.51. The molecule has 2 unspecified atom stereocenters. The van der Waals surface area contributed by atoms with Crippen LogP contribution in [0, 0.1) is 11.8 Å². The van der Waals surface area contributed by atoms with Crippen molar-refractivity contribution in [2.24, 2.45) is 11.8 Å². The van der Waals surface area contributed by atoms with Crippen LogP contribution in [-0.2, 0) is 0 Å². The van der Waals surface area contributed by atoms with Crippen LogP contribution >= 0.6 is 0 Å². The molecule has 1 saturated carbocycles. The summed E-state index contributed by atoms with van der Waals surface area (Å²) in [7, 11) is 0. The van der Waals surface area contributed by atoms with Crippen molar-refractivity contribution in [3.63, 3.8) is 0 Å². The van der Waals surface area contributed by atoms with Crippen LogP contribution in [0.25, 0.3) is 0 Å². The number of carboxylic acid groups (broad SMARTS) is 1. The van der Waals surface area contributed by atoms with E-state index in [1.54, 1.807) is 24.3 Å². The molecule has 2 rings (SSSR count). The Morgan fingerprint density at radius 1 is 1.00 bits per heavy atom. The minimum atomic E-state index is -0.895. The first-order chi connectivity index (χ1) is 12.2. The second-order valence-corrected chi connectivity index (χ2v) is 7.47. The van der Waals surface area contributed by atoms with Crippen LogP contribution in [0.1, 0.15) is 87.9 Å². The molecule has 0 spiro atoms. The van der Waals surface area contributed by atoms with E-state index < -0.39 is 5.97 Å². The monoisotopic (exact) mass is 346 g/mol. The van der Waals surface area contributed by atoms with Gasteiger partial charge in [0.1, 0.15) is 5.75 Å². The zero-order valence-electron chi connectivity index (χ0n) is 15.7. The smallest absolute Gasteiger partial charge is 0.335 e. The molecule has 3 heteroatoms. The van der Waals surface area contributed by atoms with E-state index in [9.17, 15) is 4.79 Å². The zero-order valence-corrected chi connectivity index (χ0v) is 15.7. The zero-order chi connectivity index (χ0) is 17.9. The van der Waals surface area contributed by atoms with Gasteiger partial charge in [-0.15, -0.1) is 0 Å². The summed E-state index contributed by atoms with van der Waals surface area (Å²) < 4.78 is 5.79. The van der Waals surface area contributed by atoms with Crippen LogP contribution in [-0.4, -0.2) is 17.7 Å². The van der Waals surface area contributed by atoms with Crippen molar-refractivity contribution in [2.75, 3.05) is 6.61 Å². The minimum Gasteiger partial charge on any atom is -0.494 e. The predicted octanol–water partition coefficient (Wildman–Crippen LogP) is 6.32. The number of hydrogen-bond donors (Lipinski definition) is 1. The van der Waals surface area contributed by atoms with E-state index in [2.05, 4.69) is 6.92 Å². The van der Waals surface area contributed by atoms with Crippen LogP contribution in [0.15, 0.2) is 24.3 Å². The van der Waals surface area contributed by atoms with Crippen molar-refractivity contribution in [1.29, 1.82) is 0 Å². The van der Waals surface area contributed by atoms with Gasteiger partial charge in [-0.3, -0.25) is 0 Å². The Labute approximate surface area is 152 Å². The Bertz CT molecular complexity index is 494. The molecule has 1 aromatic rings. The van der Waals surface area contributed by atoms with E-state index in [1.807, 2.05) is 0 Å². The number of hydrogen-bond acceptors (Lipinski definition) is 2. The van der Waals surface area contributed by atoms with E-state index >= 15 is 0 Å². The van der Waals surface area contributed by atoms with Gasteiger partial charge < -0.3 is 9.84 Å². The molecule has 1 fully saturated rings. The molecule has 1 aliphatic carbocycles. The summed E-state index contributed by atoms with van der Waals surface area (Å²) in [5.41, 5.74) is 0.306. The minimum absolute atomic E-state index is 0.306. The van der Waals surface area contributed by atoms with E-state index in [0.717, 1.165) is 30.6 Å². The second-order valence-electron chi connectivity index (χ2n) is 7.47. The lowest BCUT2D eigenvalue weighted by molar-refractivity contribution is 0.0697. The van der Waals surface area contributed by atoms with E-state index in [4.69, 9.17) is 9.84 Å². The van der Waals surface area contributed by atoms with Crippen LogP contribution in [0.2, 0.25) is 0 Å². The number of carboxylic acids is 1. The summed E-state index contributed by atoms with van der Waals surface area (Å²) in [6, 6.07) is 6.71. The lowest BCUT2D eigenvalue weighted by Gasteiger charge is -2.31. The SMILES string of the molecule is CCCCCCC1CCCCC1CCCOc1ccc(C(=O)O)cc1. The average Bonchev–Trinajstić information content (AvgIpc) is 2.64. The van der Waals surface area contributed by atoms with Gasteiger partial charge in [-0.05, 0) is 48.9 Å². The molecule has 0 amide bonds. The molecule has 2 atom stereocenters. The lowest BCUT2D eigenvalue weighted by Crippen LogP contribution is -2.20. The highest BCUT2D eigenvalue weighted by molar-refractivity contribution is 5.87. The standard InChI is InChI=1S/C22H34O3/c1-2-3-4-5-9-18-10-6-7-11-19(18)12-8-17-25-21-15-13-20(14-16-21)22(23)24/h13-16,18-19H,2-12,17H2,1H3,(H,23,24). The Morgan fingerprint density at radius 3 is 2.24 bits per heavy atom. The molecule has 0 aliphatic heterocycles. The molecule has 0 saturated heterocycles. The van der Waals surface area contributed by atoms with Gasteiger partial charge in [-0.25, -0.2) is 4.79 Å². The first-order valence-corrected chi connectivity index (χ1v) is 10.2. The molecule has 140 valence electrons. The fourth-order valence-electron chi connectivity index (χ4n) is 4.11. The van der Waals surface area contributed by atoms with Crippen molar-refractivity contribution in [1.82, 2.24) is 0 Å². The van der Waals surface area contributed by atoms with E-state index in [1.165, 1.54) is 64.2 Å². The van der Waals surface area contributed by atoms with Crippen LogP contribution < -0.4 is 4.74 Å². The summed E-state index contributed by atoms with van der Waals surface area (Å²) in [4.78, 5) is 10.8. The third-order valence-electron chi connectivity index (χ3n) is 5.58. The van der Waals surface area contributed by atoms with Gasteiger partial charge in [-0.1, -0.05) is 64.7 Å². The summed E-state index contributed by atoms with van der Waals surface area (Å²) >= 11 is 0. The predicted molar refractivity (Wildman–Crippen MR) is 102 cm³/mol. The Balaban J connectivity index is 1.67. The van der Waals surface area contributed by atoms with Crippen molar-refractivity contribution in [3.8, 4) is 5.75 Å². The van der Waals surface area contributed by atoms with Crippen LogP contribution in [0.3, 0.4) is 0 Å². The average molecular weight is 347 g/mol. The summed E-state index contributed by atoms with van der Waals surface area (Å²) in [5, 5.41) is 8.91. The molecule has 3 nitrogen and oxygen atoms in total. The molecule has 0 heterocycles. The molecule has 25 heavy (non-hydrogen) atoms. The molecule has 0 radical (unpaired) electrons. The van der Waals surface area contributed by atoms with Crippen molar-refractivity contribution in [2.45, 2.75) is 77.6 Å². The van der Waals surface area contributed by atoms with Gasteiger partial charge in [0, 0.05) is 0 Å². The molecular weight excluding hydrogens is 312 g/mol. The third-order valence-corrected chi connectivity index (χ3v) is 5.58. The van der Waals surface area contributed by atoms with Crippen molar-refractivity contribution < 1.29 is 14.6 Å². The van der Waals surface area contributed by atoms with E-state index in [-0.39, 0.29) is 0 Å². The maximum absolute atomic E-state index is 10.8. The molecule has 1 aliphatic rings. The number of unbranched alkanes of at least 4 members (excludes halogenated alkanes) is 3. The van der Waals surface area contributed by atoms with Gasteiger partial charge in [0.05, 0.1) is 12.2 Å². The number of benzene rings is 1. The fourth-order valence-corrected chi connectivity index (χ4v) is 4.11. The molecular formula is C22H34O3. The highest BCUT2D eigenvalue weighted by Gasteiger charge is 2.24. The fraction of sp³-hybridized carbons (Fsp3) is 0.682. The Kier molecular flexibility index (Phi) is 8.85. The summed E-state index contributed by atoms with van der Waals surface area (Å²) in [6.45, 7) is 3.00. The molecule has 1 aromatic carbocycles. The third kappa shape index (κ3) is 7.09. The summed E-state index contributed by atoms with van der Waals surface area (Å²) in [5.74, 6) is 1.69. The number of rotatable bonds is 11. The molecule has 0 bridgehead atoms. The largest absolute Gasteiger partial charge is 0.494 e. The number of aromatic carboxylic acids is 1. The van der Waals surface area contributed by atoms with Crippen LogP contribution in [0.4, 0.5) is 0 Å². The Morgan fingerprint density at radius 2 is 1.64 bits per heavy atom. The number of ether oxygens (including phenoxy) is 1. The summed E-state index contributed by atoms with van der Waals surface area (Å²) in [6.07, 6.45) is 14.9. The van der Waals surface area contributed by atoms with Gasteiger partial charge in [0.15, 0.2) is 0 Å². The highest BCUT2D eigenvalue weighted by Crippen LogP contribution is 2.36. The number of carbonyl (C=O) groups is 1.